The summed E-state index contributed by atoms with van der Waals surface area (Å²) in [5.74, 6) is 0.573. The Kier molecular flexibility index (Phi) is 10.1. The van der Waals surface area contributed by atoms with Gasteiger partial charge in [0, 0.05) is 32.7 Å². The second kappa shape index (κ2) is 11.6. The fourth-order valence-corrected chi connectivity index (χ4v) is 2.26. The number of nitrogens with zero attached hydrogens (tertiary/aromatic N) is 2. The van der Waals surface area contributed by atoms with E-state index in [9.17, 15) is 4.39 Å². The fraction of sp³-hybridized carbons (Fsp3) is 0.562. The lowest BCUT2D eigenvalue weighted by molar-refractivity contribution is 0.0389. The van der Waals surface area contributed by atoms with E-state index >= 15 is 0 Å². The number of ether oxygens (including phenoxy) is 1. The maximum atomic E-state index is 12.9. The monoisotopic (exact) mass is 436 g/mol. The molecular weight excluding hydrogens is 410 g/mol. The van der Waals surface area contributed by atoms with Crippen molar-refractivity contribution in [3.05, 3.63) is 35.6 Å². The van der Waals surface area contributed by atoms with E-state index in [1.807, 2.05) is 6.92 Å². The molecule has 130 valence electrons. The highest BCUT2D eigenvalue weighted by atomic mass is 127. The van der Waals surface area contributed by atoms with Crippen LogP contribution in [0.25, 0.3) is 0 Å². The number of hydrogen-bond donors (Lipinski definition) is 2. The minimum absolute atomic E-state index is 0. The van der Waals surface area contributed by atoms with Crippen molar-refractivity contribution < 1.29 is 9.13 Å². The molecule has 7 heteroatoms. The number of halogens is 2. The van der Waals surface area contributed by atoms with Gasteiger partial charge in [0.2, 0.25) is 0 Å². The number of morpholine rings is 1. The maximum absolute atomic E-state index is 12.9. The van der Waals surface area contributed by atoms with E-state index in [-0.39, 0.29) is 29.8 Å². The summed E-state index contributed by atoms with van der Waals surface area (Å²) in [5.41, 5.74) is 0.992. The first kappa shape index (κ1) is 20.1. The van der Waals surface area contributed by atoms with Crippen molar-refractivity contribution >= 4 is 29.9 Å². The summed E-state index contributed by atoms with van der Waals surface area (Å²) in [7, 11) is 0. The van der Waals surface area contributed by atoms with Gasteiger partial charge in [0.05, 0.1) is 19.8 Å². The molecule has 0 radical (unpaired) electrons. The molecule has 1 heterocycles. The summed E-state index contributed by atoms with van der Waals surface area (Å²) in [6.45, 7) is 8.82. The zero-order valence-corrected chi connectivity index (χ0v) is 15.9. The average Bonchev–Trinajstić information content (AvgIpc) is 2.55. The van der Waals surface area contributed by atoms with Gasteiger partial charge in [-0.15, -0.1) is 24.0 Å². The van der Waals surface area contributed by atoms with Gasteiger partial charge in [-0.3, -0.25) is 4.90 Å². The molecule has 1 aromatic carbocycles. The van der Waals surface area contributed by atoms with Crippen LogP contribution in [0.2, 0.25) is 0 Å². The SMILES string of the molecule is CCNC(=NCc1ccc(F)cc1)NCCN1CCOCC1.I. The van der Waals surface area contributed by atoms with Crippen LogP contribution < -0.4 is 10.6 Å². The molecule has 0 atom stereocenters. The van der Waals surface area contributed by atoms with Crippen LogP contribution in [0.4, 0.5) is 4.39 Å². The predicted octanol–water partition coefficient (Wildman–Crippen LogP) is 1.83. The second-order valence-corrected chi connectivity index (χ2v) is 5.20. The largest absolute Gasteiger partial charge is 0.379 e. The molecule has 1 aliphatic heterocycles. The number of hydrogen-bond acceptors (Lipinski definition) is 3. The highest BCUT2D eigenvalue weighted by Crippen LogP contribution is 2.03. The molecule has 0 amide bonds. The lowest BCUT2D eigenvalue weighted by Crippen LogP contribution is -2.44. The van der Waals surface area contributed by atoms with Gasteiger partial charge in [-0.25, -0.2) is 9.38 Å². The van der Waals surface area contributed by atoms with Crippen molar-refractivity contribution in [2.24, 2.45) is 4.99 Å². The Hall–Kier alpha value is -0.930. The highest BCUT2D eigenvalue weighted by molar-refractivity contribution is 14.0. The quantitative estimate of drug-likeness (QED) is 0.406. The molecule has 0 saturated carbocycles. The summed E-state index contributed by atoms with van der Waals surface area (Å²) in [5, 5.41) is 6.56. The van der Waals surface area contributed by atoms with Crippen molar-refractivity contribution in [3.63, 3.8) is 0 Å². The number of nitrogens with one attached hydrogen (secondary N) is 2. The smallest absolute Gasteiger partial charge is 0.191 e. The molecular formula is C16H26FIN4O. The average molecular weight is 436 g/mol. The lowest BCUT2D eigenvalue weighted by atomic mass is 10.2. The van der Waals surface area contributed by atoms with Gasteiger partial charge in [-0.1, -0.05) is 12.1 Å². The van der Waals surface area contributed by atoms with E-state index < -0.39 is 0 Å². The molecule has 1 aliphatic rings. The molecule has 1 aromatic rings. The van der Waals surface area contributed by atoms with Crippen molar-refractivity contribution in [2.45, 2.75) is 13.5 Å². The van der Waals surface area contributed by atoms with Crippen molar-refractivity contribution in [1.29, 1.82) is 0 Å². The molecule has 1 fully saturated rings. The van der Waals surface area contributed by atoms with Crippen molar-refractivity contribution in [2.75, 3.05) is 45.9 Å². The fourth-order valence-electron chi connectivity index (χ4n) is 2.26. The van der Waals surface area contributed by atoms with E-state index in [1.165, 1.54) is 12.1 Å². The van der Waals surface area contributed by atoms with E-state index in [2.05, 4.69) is 20.5 Å². The first-order valence-corrected chi connectivity index (χ1v) is 7.84. The van der Waals surface area contributed by atoms with Gasteiger partial charge in [0.15, 0.2) is 5.96 Å². The molecule has 2 rings (SSSR count). The first-order chi connectivity index (χ1) is 10.8. The zero-order chi connectivity index (χ0) is 15.6. The molecule has 23 heavy (non-hydrogen) atoms. The lowest BCUT2D eigenvalue weighted by Gasteiger charge is -2.26. The molecule has 0 spiro atoms. The Morgan fingerprint density at radius 2 is 1.91 bits per heavy atom. The Bertz CT molecular complexity index is 464. The minimum atomic E-state index is -0.219. The van der Waals surface area contributed by atoms with Gasteiger partial charge in [-0.05, 0) is 24.6 Å². The Morgan fingerprint density at radius 3 is 2.57 bits per heavy atom. The molecule has 0 aliphatic carbocycles. The Morgan fingerprint density at radius 1 is 1.22 bits per heavy atom. The van der Waals surface area contributed by atoms with Gasteiger partial charge in [0.1, 0.15) is 5.82 Å². The zero-order valence-electron chi connectivity index (χ0n) is 13.6. The maximum Gasteiger partial charge on any atom is 0.191 e. The second-order valence-electron chi connectivity index (χ2n) is 5.20. The van der Waals surface area contributed by atoms with E-state index in [0.29, 0.717) is 6.54 Å². The summed E-state index contributed by atoms with van der Waals surface area (Å²) in [6.07, 6.45) is 0. The summed E-state index contributed by atoms with van der Waals surface area (Å²) < 4.78 is 18.2. The van der Waals surface area contributed by atoms with Gasteiger partial charge in [-0.2, -0.15) is 0 Å². The van der Waals surface area contributed by atoms with Crippen LogP contribution in [0.1, 0.15) is 12.5 Å². The molecule has 5 nitrogen and oxygen atoms in total. The summed E-state index contributed by atoms with van der Waals surface area (Å²) in [4.78, 5) is 6.90. The van der Waals surface area contributed by atoms with Crippen LogP contribution in [0.3, 0.4) is 0 Å². The van der Waals surface area contributed by atoms with E-state index in [0.717, 1.165) is 57.5 Å². The number of benzene rings is 1. The number of rotatable bonds is 6. The summed E-state index contributed by atoms with van der Waals surface area (Å²) >= 11 is 0. The van der Waals surface area contributed by atoms with Gasteiger partial charge in [0.25, 0.3) is 0 Å². The van der Waals surface area contributed by atoms with Gasteiger partial charge < -0.3 is 15.4 Å². The van der Waals surface area contributed by atoms with Crippen LogP contribution in [-0.2, 0) is 11.3 Å². The van der Waals surface area contributed by atoms with Crippen LogP contribution in [-0.4, -0.2) is 56.8 Å². The molecule has 0 aromatic heterocycles. The minimum Gasteiger partial charge on any atom is -0.379 e. The topological polar surface area (TPSA) is 48.9 Å². The van der Waals surface area contributed by atoms with Crippen molar-refractivity contribution in [1.82, 2.24) is 15.5 Å². The Labute approximate surface area is 154 Å². The molecule has 0 bridgehead atoms. The third kappa shape index (κ3) is 7.94. The standard InChI is InChI=1S/C16H25FN4O.HI/c1-2-18-16(19-7-8-21-9-11-22-12-10-21)20-13-14-3-5-15(17)6-4-14;/h3-6H,2,7-13H2,1H3,(H2,18,19,20);1H. The molecule has 1 saturated heterocycles. The van der Waals surface area contributed by atoms with Crippen LogP contribution in [0.15, 0.2) is 29.3 Å². The van der Waals surface area contributed by atoms with E-state index in [4.69, 9.17) is 4.74 Å². The molecule has 2 N–H and O–H groups in total. The normalized spacial score (nSPS) is 15.8. The third-order valence-corrected chi connectivity index (χ3v) is 3.50. The van der Waals surface area contributed by atoms with Crippen molar-refractivity contribution in [3.8, 4) is 0 Å². The van der Waals surface area contributed by atoms with Gasteiger partial charge >= 0.3 is 0 Å². The third-order valence-electron chi connectivity index (χ3n) is 3.50. The number of aliphatic imine (C=N–C) groups is 1. The Balaban J connectivity index is 0.00000264. The van der Waals surface area contributed by atoms with Crippen LogP contribution in [0.5, 0.6) is 0 Å². The number of guanidine groups is 1. The summed E-state index contributed by atoms with van der Waals surface area (Å²) in [6, 6.07) is 6.44. The van der Waals surface area contributed by atoms with Crippen LogP contribution >= 0.6 is 24.0 Å². The highest BCUT2D eigenvalue weighted by Gasteiger charge is 2.09. The molecule has 0 unspecified atom stereocenters. The first-order valence-electron chi connectivity index (χ1n) is 7.84. The van der Waals surface area contributed by atoms with E-state index in [1.54, 1.807) is 12.1 Å². The van der Waals surface area contributed by atoms with Crippen LogP contribution in [0, 0.1) is 5.82 Å². The predicted molar refractivity (Wildman–Crippen MR) is 102 cm³/mol.